The van der Waals surface area contributed by atoms with Gasteiger partial charge in [0, 0.05) is 32.0 Å². The molecule has 0 saturated carbocycles. The van der Waals surface area contributed by atoms with Crippen LogP contribution >= 0.6 is 0 Å². The second-order valence-corrected chi connectivity index (χ2v) is 6.96. The Bertz CT molecular complexity index is 570. The van der Waals surface area contributed by atoms with Crippen LogP contribution in [0, 0.1) is 5.92 Å². The van der Waals surface area contributed by atoms with Crippen LogP contribution in [0.1, 0.15) is 12.0 Å². The quantitative estimate of drug-likeness (QED) is 0.787. The lowest BCUT2D eigenvalue weighted by molar-refractivity contribution is -0.883. The van der Waals surface area contributed by atoms with E-state index in [0.717, 1.165) is 38.3 Å². The summed E-state index contributed by atoms with van der Waals surface area (Å²) in [5.74, 6) is 0.393. The number of benzene rings is 1. The molecule has 1 atom stereocenters. The molecule has 2 fully saturated rings. The van der Waals surface area contributed by atoms with Crippen molar-refractivity contribution in [1.82, 2.24) is 15.1 Å². The highest BCUT2D eigenvalue weighted by atomic mass is 16.2. The van der Waals surface area contributed by atoms with E-state index in [9.17, 15) is 9.59 Å². The van der Waals surface area contributed by atoms with E-state index in [1.807, 2.05) is 40.1 Å². The third-order valence-corrected chi connectivity index (χ3v) is 4.96. The molecule has 2 aliphatic heterocycles. The highest BCUT2D eigenvalue weighted by molar-refractivity contribution is 5.79. The van der Waals surface area contributed by atoms with Crippen molar-refractivity contribution < 1.29 is 14.5 Å². The zero-order chi connectivity index (χ0) is 16.9. The summed E-state index contributed by atoms with van der Waals surface area (Å²) in [5.41, 5.74) is 1.15. The van der Waals surface area contributed by atoms with Gasteiger partial charge in [-0.2, -0.15) is 0 Å². The van der Waals surface area contributed by atoms with Crippen LogP contribution in [-0.2, 0) is 11.3 Å². The van der Waals surface area contributed by atoms with E-state index >= 15 is 0 Å². The average molecular weight is 331 g/mol. The largest absolute Gasteiger partial charge is 0.338 e. The monoisotopic (exact) mass is 331 g/mol. The number of likely N-dealkylation sites (tertiary alicyclic amines) is 1. The number of nitrogens with one attached hydrogen (secondary N) is 2. The van der Waals surface area contributed by atoms with Gasteiger partial charge >= 0.3 is 6.03 Å². The van der Waals surface area contributed by atoms with E-state index in [4.69, 9.17) is 0 Å². The average Bonchev–Trinajstić information content (AvgIpc) is 2.94. The van der Waals surface area contributed by atoms with Crippen LogP contribution in [-0.4, -0.2) is 68.1 Å². The lowest BCUT2D eigenvalue weighted by Gasteiger charge is -2.30. The van der Waals surface area contributed by atoms with Crippen molar-refractivity contribution in [3.8, 4) is 0 Å². The predicted octanol–water partition coefficient (Wildman–Crippen LogP) is -0.425. The lowest BCUT2D eigenvalue weighted by Crippen LogP contribution is -3.12. The molecule has 2 N–H and O–H groups in total. The van der Waals surface area contributed by atoms with Crippen LogP contribution in [0.3, 0.4) is 0 Å². The zero-order valence-corrected chi connectivity index (χ0v) is 14.3. The van der Waals surface area contributed by atoms with Crippen LogP contribution in [0.25, 0.3) is 0 Å². The highest BCUT2D eigenvalue weighted by Gasteiger charge is 2.30. The molecule has 2 heterocycles. The molecule has 0 aliphatic carbocycles. The Balaban J connectivity index is 1.43. The molecule has 3 amide bonds. The second kappa shape index (κ2) is 7.66. The first kappa shape index (κ1) is 16.8. The molecule has 3 rings (SSSR count). The summed E-state index contributed by atoms with van der Waals surface area (Å²) in [7, 11) is 2.15. The molecule has 2 aliphatic rings. The third-order valence-electron chi connectivity index (χ3n) is 4.96. The molecule has 6 heteroatoms. The first-order valence-corrected chi connectivity index (χ1v) is 8.77. The van der Waals surface area contributed by atoms with E-state index in [0.29, 0.717) is 19.5 Å². The SMILES string of the molecule is C[NH+]1CCN(C(=O)NC[C@H]2CC(=O)N(Cc3ccccc3)C2)CC1. The number of hydrogen-bond donors (Lipinski definition) is 2. The minimum absolute atomic E-state index is 0.0106. The van der Waals surface area contributed by atoms with Gasteiger partial charge < -0.3 is 20.0 Å². The fourth-order valence-electron chi connectivity index (χ4n) is 3.38. The Morgan fingerprint density at radius 2 is 1.96 bits per heavy atom. The van der Waals surface area contributed by atoms with Crippen molar-refractivity contribution in [2.24, 2.45) is 5.92 Å². The van der Waals surface area contributed by atoms with Crippen molar-refractivity contribution in [1.29, 1.82) is 0 Å². The van der Waals surface area contributed by atoms with Crippen molar-refractivity contribution in [2.45, 2.75) is 13.0 Å². The Labute approximate surface area is 143 Å². The molecule has 0 bridgehead atoms. The molecule has 2 saturated heterocycles. The van der Waals surface area contributed by atoms with Crippen molar-refractivity contribution >= 4 is 11.9 Å². The van der Waals surface area contributed by atoms with Gasteiger partial charge in [0.2, 0.25) is 5.91 Å². The number of nitrogens with zero attached hydrogens (tertiary/aromatic N) is 2. The maximum atomic E-state index is 12.2. The zero-order valence-electron chi connectivity index (χ0n) is 14.3. The highest BCUT2D eigenvalue weighted by Crippen LogP contribution is 2.19. The molecule has 0 radical (unpaired) electrons. The summed E-state index contributed by atoms with van der Waals surface area (Å²) in [6.45, 7) is 5.57. The molecule has 0 aromatic heterocycles. The van der Waals surface area contributed by atoms with Crippen molar-refractivity contribution in [3.05, 3.63) is 35.9 Å². The lowest BCUT2D eigenvalue weighted by atomic mass is 10.1. The van der Waals surface area contributed by atoms with Crippen LogP contribution in [0.2, 0.25) is 0 Å². The van der Waals surface area contributed by atoms with Gasteiger partial charge in [-0.05, 0) is 5.56 Å². The Morgan fingerprint density at radius 3 is 2.67 bits per heavy atom. The fourth-order valence-corrected chi connectivity index (χ4v) is 3.38. The minimum atomic E-state index is 0.0106. The summed E-state index contributed by atoms with van der Waals surface area (Å²) in [6, 6.07) is 10.1. The van der Waals surface area contributed by atoms with E-state index < -0.39 is 0 Å². The third kappa shape index (κ3) is 4.26. The number of hydrogen-bond acceptors (Lipinski definition) is 2. The Kier molecular flexibility index (Phi) is 5.35. The number of likely N-dealkylation sites (N-methyl/N-ethyl adjacent to an activating group) is 1. The van der Waals surface area contributed by atoms with Gasteiger partial charge in [-0.3, -0.25) is 4.79 Å². The van der Waals surface area contributed by atoms with Gasteiger partial charge in [0.25, 0.3) is 0 Å². The number of carbonyl (C=O) groups excluding carboxylic acids is 2. The van der Waals surface area contributed by atoms with Crippen LogP contribution in [0.5, 0.6) is 0 Å². The first-order chi connectivity index (χ1) is 11.6. The molecule has 24 heavy (non-hydrogen) atoms. The van der Waals surface area contributed by atoms with Gasteiger partial charge in [0.05, 0.1) is 33.2 Å². The van der Waals surface area contributed by atoms with Gasteiger partial charge in [0.15, 0.2) is 0 Å². The van der Waals surface area contributed by atoms with E-state index in [-0.39, 0.29) is 17.9 Å². The molecule has 6 nitrogen and oxygen atoms in total. The topological polar surface area (TPSA) is 57.1 Å². The maximum Gasteiger partial charge on any atom is 0.317 e. The van der Waals surface area contributed by atoms with E-state index in [2.05, 4.69) is 12.4 Å². The molecular weight excluding hydrogens is 304 g/mol. The molecular formula is C18H27N4O2+. The van der Waals surface area contributed by atoms with Crippen LogP contribution < -0.4 is 10.2 Å². The smallest absolute Gasteiger partial charge is 0.317 e. The van der Waals surface area contributed by atoms with Gasteiger partial charge in [-0.15, -0.1) is 0 Å². The number of rotatable bonds is 4. The van der Waals surface area contributed by atoms with Crippen molar-refractivity contribution in [2.75, 3.05) is 46.3 Å². The first-order valence-electron chi connectivity index (χ1n) is 8.77. The van der Waals surface area contributed by atoms with E-state index in [1.54, 1.807) is 0 Å². The van der Waals surface area contributed by atoms with Crippen LogP contribution in [0.15, 0.2) is 30.3 Å². The van der Waals surface area contributed by atoms with Gasteiger partial charge in [-0.25, -0.2) is 4.79 Å². The molecule has 1 aromatic rings. The summed E-state index contributed by atoms with van der Waals surface area (Å²) >= 11 is 0. The minimum Gasteiger partial charge on any atom is -0.338 e. The number of piperazine rings is 1. The Morgan fingerprint density at radius 1 is 1.25 bits per heavy atom. The number of carbonyl (C=O) groups is 2. The van der Waals surface area contributed by atoms with E-state index in [1.165, 1.54) is 4.90 Å². The van der Waals surface area contributed by atoms with Gasteiger partial charge in [0.1, 0.15) is 0 Å². The molecule has 130 valence electrons. The number of urea groups is 1. The normalized spacial score (nSPS) is 22.0. The molecule has 0 unspecified atom stereocenters. The molecule has 1 aromatic carbocycles. The summed E-state index contributed by atoms with van der Waals surface area (Å²) in [5, 5.41) is 3.01. The summed E-state index contributed by atoms with van der Waals surface area (Å²) < 4.78 is 0. The number of amides is 3. The predicted molar refractivity (Wildman–Crippen MR) is 91.6 cm³/mol. The summed E-state index contributed by atoms with van der Waals surface area (Å²) in [6.07, 6.45) is 0.528. The van der Waals surface area contributed by atoms with Crippen LogP contribution in [0.4, 0.5) is 4.79 Å². The maximum absolute atomic E-state index is 12.2. The Hall–Kier alpha value is -2.08. The molecule has 0 spiro atoms. The number of quaternary nitrogens is 1. The van der Waals surface area contributed by atoms with Gasteiger partial charge in [-0.1, -0.05) is 30.3 Å². The summed E-state index contributed by atoms with van der Waals surface area (Å²) in [4.78, 5) is 29.6. The second-order valence-electron chi connectivity index (χ2n) is 6.96. The standard InChI is InChI=1S/C18H26N4O2/c1-20-7-9-21(10-8-20)18(24)19-12-16-11-17(23)22(14-16)13-15-5-3-2-4-6-15/h2-6,16H,7-14H2,1H3,(H,19,24)/p+1/t16-/m1/s1. The van der Waals surface area contributed by atoms with Crippen molar-refractivity contribution in [3.63, 3.8) is 0 Å². The fraction of sp³-hybridized carbons (Fsp3) is 0.556.